The van der Waals surface area contributed by atoms with Crippen molar-refractivity contribution in [3.63, 3.8) is 0 Å². The molecule has 9 aromatic rings. The van der Waals surface area contributed by atoms with Crippen LogP contribution in [0.15, 0.2) is 168 Å². The maximum atomic E-state index is 6.16. The topological polar surface area (TPSA) is 31.0 Å². The molecule has 0 saturated heterocycles. The molecule has 7 aromatic carbocycles. The van der Waals surface area contributed by atoms with Crippen molar-refractivity contribution in [1.29, 1.82) is 0 Å². The van der Waals surface area contributed by atoms with Crippen molar-refractivity contribution < 1.29 is 4.42 Å². The van der Waals surface area contributed by atoms with Gasteiger partial charge in [-0.05, 0) is 87.8 Å². The van der Waals surface area contributed by atoms with Crippen LogP contribution in [-0.2, 0) is 6.42 Å². The predicted molar refractivity (Wildman–Crippen MR) is 199 cm³/mol. The van der Waals surface area contributed by atoms with Gasteiger partial charge in [-0.15, -0.1) is 0 Å². The zero-order valence-corrected chi connectivity index (χ0v) is 26.6. The molecule has 0 unspecified atom stereocenters. The number of benzene rings is 7. The van der Waals surface area contributed by atoms with Gasteiger partial charge in [-0.3, -0.25) is 0 Å². The molecular weight excluding hydrogens is 585 g/mol. The molecule has 0 amide bonds. The van der Waals surface area contributed by atoms with Crippen LogP contribution in [-0.4, -0.2) is 9.55 Å². The highest BCUT2D eigenvalue weighted by molar-refractivity contribution is 6.09. The smallest absolute Gasteiger partial charge is 0.227 e. The van der Waals surface area contributed by atoms with Crippen LogP contribution >= 0.6 is 0 Å². The van der Waals surface area contributed by atoms with Crippen molar-refractivity contribution in [2.45, 2.75) is 13.3 Å². The summed E-state index contributed by atoms with van der Waals surface area (Å²) in [5, 5.41) is 2.54. The Morgan fingerprint density at radius 3 is 1.56 bits per heavy atom. The summed E-state index contributed by atoms with van der Waals surface area (Å²) in [5.74, 6) is 0.653. The zero-order chi connectivity index (χ0) is 32.0. The number of oxazole rings is 1. The SMILES string of the molecule is CCc1cccc2oc(-c3ccc(-c4ccccc4-c4ccccc4-c4ccc(-n5c6ccccc6c6ccccc65)cc4)cc3)nc12. The fourth-order valence-corrected chi connectivity index (χ4v) is 7.14. The Hall–Kier alpha value is -6.19. The van der Waals surface area contributed by atoms with Gasteiger partial charge < -0.3 is 8.98 Å². The van der Waals surface area contributed by atoms with Crippen molar-refractivity contribution >= 4 is 32.9 Å². The number of hydrogen-bond donors (Lipinski definition) is 0. The molecule has 2 heterocycles. The molecule has 3 nitrogen and oxygen atoms in total. The summed E-state index contributed by atoms with van der Waals surface area (Å²) in [5.41, 5.74) is 14.7. The second-order valence-corrected chi connectivity index (χ2v) is 12.2. The standard InChI is InChI=1S/C45H32N2O/c1-2-30-12-11-21-43-44(30)46-45(48-43)33-24-22-31(23-25-33)35-13-3-5-15-37(35)38-16-6-4-14-36(38)32-26-28-34(29-27-32)47-41-19-9-7-17-39(41)40-18-8-10-20-42(40)47/h3-29H,2H2,1H3. The van der Waals surface area contributed by atoms with E-state index in [1.807, 2.05) is 12.1 Å². The van der Waals surface area contributed by atoms with Gasteiger partial charge in [-0.1, -0.05) is 128 Å². The van der Waals surface area contributed by atoms with Gasteiger partial charge in [0.25, 0.3) is 0 Å². The Bertz CT molecular complexity index is 2530. The average Bonchev–Trinajstić information content (AvgIpc) is 3.75. The highest BCUT2D eigenvalue weighted by atomic mass is 16.3. The lowest BCUT2D eigenvalue weighted by Gasteiger charge is -2.15. The fourth-order valence-electron chi connectivity index (χ4n) is 7.14. The van der Waals surface area contributed by atoms with Gasteiger partial charge in [0.1, 0.15) is 5.52 Å². The third-order valence-corrected chi connectivity index (χ3v) is 9.49. The van der Waals surface area contributed by atoms with Gasteiger partial charge in [-0.25, -0.2) is 4.98 Å². The third kappa shape index (κ3) is 4.63. The number of aromatic nitrogens is 2. The second kappa shape index (κ2) is 11.6. The number of nitrogens with zero attached hydrogens (tertiary/aromatic N) is 2. The van der Waals surface area contributed by atoms with Gasteiger partial charge >= 0.3 is 0 Å². The Labute approximate surface area is 279 Å². The molecule has 0 aliphatic heterocycles. The van der Waals surface area contributed by atoms with Gasteiger partial charge in [0.05, 0.1) is 11.0 Å². The Kier molecular flexibility index (Phi) is 6.76. The van der Waals surface area contributed by atoms with Crippen LogP contribution < -0.4 is 0 Å². The van der Waals surface area contributed by atoms with Gasteiger partial charge in [0.15, 0.2) is 5.58 Å². The van der Waals surface area contributed by atoms with E-state index in [0.717, 1.165) is 34.3 Å². The lowest BCUT2D eigenvalue weighted by molar-refractivity contribution is 0.620. The molecule has 0 aliphatic carbocycles. The maximum absolute atomic E-state index is 6.16. The van der Waals surface area contributed by atoms with Crippen molar-refractivity contribution in [3.8, 4) is 50.5 Å². The van der Waals surface area contributed by atoms with E-state index in [4.69, 9.17) is 9.40 Å². The molecule has 0 aliphatic rings. The molecule has 0 atom stereocenters. The van der Waals surface area contributed by atoms with Crippen LogP contribution in [0.1, 0.15) is 12.5 Å². The monoisotopic (exact) mass is 616 g/mol. The Balaban J connectivity index is 1.08. The summed E-state index contributed by atoms with van der Waals surface area (Å²) < 4.78 is 8.53. The molecule has 3 heteroatoms. The van der Waals surface area contributed by atoms with E-state index in [-0.39, 0.29) is 0 Å². The summed E-state index contributed by atoms with van der Waals surface area (Å²) >= 11 is 0. The first-order valence-electron chi connectivity index (χ1n) is 16.5. The first kappa shape index (κ1) is 28.1. The molecule has 0 bridgehead atoms. The normalized spacial score (nSPS) is 11.5. The van der Waals surface area contributed by atoms with E-state index in [1.165, 1.54) is 55.2 Å². The summed E-state index contributed by atoms with van der Waals surface area (Å²) in [6.45, 7) is 2.15. The van der Waals surface area contributed by atoms with Crippen LogP contribution in [0.3, 0.4) is 0 Å². The van der Waals surface area contributed by atoms with Crippen molar-refractivity contribution in [2.24, 2.45) is 0 Å². The number of rotatable bonds is 6. The molecule has 0 spiro atoms. The number of aryl methyl sites for hydroxylation is 1. The summed E-state index contributed by atoms with van der Waals surface area (Å²) in [6, 6.07) is 58.4. The van der Waals surface area contributed by atoms with Crippen molar-refractivity contribution in [2.75, 3.05) is 0 Å². The summed E-state index contributed by atoms with van der Waals surface area (Å²) in [7, 11) is 0. The minimum absolute atomic E-state index is 0.653. The molecule has 0 saturated carbocycles. The minimum Gasteiger partial charge on any atom is -0.436 e. The van der Waals surface area contributed by atoms with E-state index in [9.17, 15) is 0 Å². The predicted octanol–water partition coefficient (Wildman–Crippen LogP) is 12.2. The van der Waals surface area contributed by atoms with Crippen LogP contribution in [0.5, 0.6) is 0 Å². The van der Waals surface area contributed by atoms with E-state index in [2.05, 4.69) is 163 Å². The number of fused-ring (bicyclic) bond motifs is 4. The van der Waals surface area contributed by atoms with E-state index >= 15 is 0 Å². The molecule has 0 N–H and O–H groups in total. The highest BCUT2D eigenvalue weighted by Crippen LogP contribution is 2.39. The molecule has 0 radical (unpaired) electrons. The van der Waals surface area contributed by atoms with Crippen LogP contribution in [0, 0.1) is 0 Å². The highest BCUT2D eigenvalue weighted by Gasteiger charge is 2.16. The van der Waals surface area contributed by atoms with E-state index < -0.39 is 0 Å². The van der Waals surface area contributed by atoms with Gasteiger partial charge in [0.2, 0.25) is 5.89 Å². The maximum Gasteiger partial charge on any atom is 0.227 e. The Morgan fingerprint density at radius 2 is 0.979 bits per heavy atom. The first-order valence-corrected chi connectivity index (χ1v) is 16.5. The van der Waals surface area contributed by atoms with Crippen LogP contribution in [0.4, 0.5) is 0 Å². The van der Waals surface area contributed by atoms with E-state index in [1.54, 1.807) is 0 Å². The lowest BCUT2D eigenvalue weighted by atomic mass is 9.89. The van der Waals surface area contributed by atoms with Crippen LogP contribution in [0.25, 0.3) is 83.4 Å². The third-order valence-electron chi connectivity index (χ3n) is 9.49. The van der Waals surface area contributed by atoms with Gasteiger partial charge in [-0.2, -0.15) is 0 Å². The van der Waals surface area contributed by atoms with Gasteiger partial charge in [0, 0.05) is 22.0 Å². The van der Waals surface area contributed by atoms with E-state index in [0.29, 0.717) is 5.89 Å². The summed E-state index contributed by atoms with van der Waals surface area (Å²) in [4.78, 5) is 4.85. The average molecular weight is 617 g/mol. The number of para-hydroxylation sites is 3. The molecule has 48 heavy (non-hydrogen) atoms. The quantitative estimate of drug-likeness (QED) is 0.186. The molecular formula is C45H32N2O. The molecule has 2 aromatic heterocycles. The second-order valence-electron chi connectivity index (χ2n) is 12.2. The summed E-state index contributed by atoms with van der Waals surface area (Å²) in [6.07, 6.45) is 0.923. The first-order chi connectivity index (χ1) is 23.8. The number of hydrogen-bond acceptors (Lipinski definition) is 2. The van der Waals surface area contributed by atoms with Crippen molar-refractivity contribution in [3.05, 3.63) is 169 Å². The Morgan fingerprint density at radius 1 is 0.479 bits per heavy atom. The van der Waals surface area contributed by atoms with Crippen LogP contribution in [0.2, 0.25) is 0 Å². The molecule has 0 fully saturated rings. The fraction of sp³-hybridized carbons (Fsp3) is 0.0444. The molecule has 228 valence electrons. The molecule has 9 rings (SSSR count). The van der Waals surface area contributed by atoms with Crippen molar-refractivity contribution in [1.82, 2.24) is 9.55 Å². The largest absolute Gasteiger partial charge is 0.436 e. The lowest BCUT2D eigenvalue weighted by Crippen LogP contribution is -1.94. The zero-order valence-electron chi connectivity index (χ0n) is 26.6. The minimum atomic E-state index is 0.653.